The monoisotopic (exact) mass is 338 g/mol. The summed E-state index contributed by atoms with van der Waals surface area (Å²) in [6.45, 7) is 6.60. The number of carbonyl (C=O) groups is 3. The molecule has 134 valence electrons. The van der Waals surface area contributed by atoms with Gasteiger partial charge in [0.25, 0.3) is 0 Å². The van der Waals surface area contributed by atoms with Crippen molar-refractivity contribution in [1.82, 2.24) is 5.32 Å². The van der Waals surface area contributed by atoms with Crippen LogP contribution in [0.1, 0.15) is 40.5 Å². The lowest BCUT2D eigenvalue weighted by Crippen LogP contribution is -2.50. The minimum atomic E-state index is -1.27. The Morgan fingerprint density at radius 3 is 2.38 bits per heavy atom. The molecule has 0 aromatic heterocycles. The van der Waals surface area contributed by atoms with Crippen LogP contribution in [0.3, 0.4) is 0 Å². The zero-order valence-electron chi connectivity index (χ0n) is 14.5. The van der Waals surface area contributed by atoms with Crippen LogP contribution in [0.15, 0.2) is 24.3 Å². The summed E-state index contributed by atoms with van der Waals surface area (Å²) in [7, 11) is 0. The SMILES string of the molecule is C[C@H](N)C(=O)C1(C[C@H](NC(=O)OC(C)(C)C)C(=O)O)C=CC=CC1. The highest BCUT2D eigenvalue weighted by Crippen LogP contribution is 2.35. The van der Waals surface area contributed by atoms with Gasteiger partial charge in [0.1, 0.15) is 11.6 Å². The van der Waals surface area contributed by atoms with Crippen LogP contribution in [0.4, 0.5) is 4.79 Å². The maximum absolute atomic E-state index is 12.5. The molecular formula is C17H26N2O5. The van der Waals surface area contributed by atoms with Crippen LogP contribution < -0.4 is 11.1 Å². The molecule has 0 spiro atoms. The van der Waals surface area contributed by atoms with E-state index in [0.29, 0.717) is 6.42 Å². The van der Waals surface area contributed by atoms with Crippen molar-refractivity contribution in [2.75, 3.05) is 0 Å². The first kappa shape index (κ1) is 19.9. The first-order chi connectivity index (χ1) is 11.0. The smallest absolute Gasteiger partial charge is 0.408 e. The number of nitrogens with two attached hydrogens (primary N) is 1. The van der Waals surface area contributed by atoms with Gasteiger partial charge in [-0.2, -0.15) is 0 Å². The van der Waals surface area contributed by atoms with Crippen LogP contribution in [0, 0.1) is 5.41 Å². The Bertz CT molecular complexity index is 560. The van der Waals surface area contributed by atoms with Crippen LogP contribution in [-0.2, 0) is 14.3 Å². The number of carboxylic acid groups (broad SMARTS) is 1. The van der Waals surface area contributed by atoms with E-state index in [9.17, 15) is 19.5 Å². The minimum absolute atomic E-state index is 0.0945. The molecule has 1 rings (SSSR count). The van der Waals surface area contributed by atoms with Gasteiger partial charge in [0, 0.05) is 0 Å². The maximum atomic E-state index is 12.5. The van der Waals surface area contributed by atoms with Crippen molar-refractivity contribution in [2.24, 2.45) is 11.1 Å². The van der Waals surface area contributed by atoms with Crippen molar-refractivity contribution in [1.29, 1.82) is 0 Å². The highest BCUT2D eigenvalue weighted by Gasteiger charge is 2.41. The van der Waals surface area contributed by atoms with Crippen molar-refractivity contribution in [3.05, 3.63) is 24.3 Å². The predicted molar refractivity (Wildman–Crippen MR) is 89.4 cm³/mol. The Kier molecular flexibility index (Phi) is 6.31. The summed E-state index contributed by atoms with van der Waals surface area (Å²) in [5.41, 5.74) is 3.92. The Morgan fingerprint density at radius 1 is 1.33 bits per heavy atom. The highest BCUT2D eigenvalue weighted by molar-refractivity contribution is 5.92. The molecule has 7 heteroatoms. The summed E-state index contributed by atoms with van der Waals surface area (Å²) in [5.74, 6) is -1.50. The summed E-state index contributed by atoms with van der Waals surface area (Å²) >= 11 is 0. The number of Topliss-reactive ketones (excluding diaryl/α,β-unsaturated/α-hetero) is 1. The number of carbonyl (C=O) groups excluding carboxylic acids is 2. The Balaban J connectivity index is 2.97. The third-order valence-electron chi connectivity index (χ3n) is 3.61. The van der Waals surface area contributed by atoms with E-state index < -0.39 is 35.2 Å². The van der Waals surface area contributed by atoms with Crippen LogP contribution in [0.2, 0.25) is 0 Å². The molecule has 0 heterocycles. The summed E-state index contributed by atoms with van der Waals surface area (Å²) in [5, 5.41) is 11.8. The van der Waals surface area contributed by atoms with Crippen molar-refractivity contribution in [3.8, 4) is 0 Å². The largest absolute Gasteiger partial charge is 0.480 e. The molecule has 0 aromatic carbocycles. The van der Waals surface area contributed by atoms with Crippen molar-refractivity contribution in [2.45, 2.75) is 58.2 Å². The third-order valence-corrected chi connectivity index (χ3v) is 3.61. The molecule has 0 radical (unpaired) electrons. The Morgan fingerprint density at radius 2 is 1.96 bits per heavy atom. The van der Waals surface area contributed by atoms with Gasteiger partial charge in [0.05, 0.1) is 11.5 Å². The lowest BCUT2D eigenvalue weighted by atomic mass is 9.71. The number of rotatable bonds is 6. The van der Waals surface area contributed by atoms with Crippen LogP contribution in [0.5, 0.6) is 0 Å². The minimum Gasteiger partial charge on any atom is -0.480 e. The topological polar surface area (TPSA) is 119 Å². The van der Waals surface area contributed by atoms with Crippen molar-refractivity contribution >= 4 is 17.8 Å². The fourth-order valence-electron chi connectivity index (χ4n) is 2.57. The van der Waals surface area contributed by atoms with Gasteiger partial charge in [-0.1, -0.05) is 24.3 Å². The van der Waals surface area contributed by atoms with Crippen LogP contribution in [-0.4, -0.2) is 40.6 Å². The maximum Gasteiger partial charge on any atom is 0.408 e. The van der Waals surface area contributed by atoms with Crippen LogP contribution in [0.25, 0.3) is 0 Å². The number of nitrogens with one attached hydrogen (secondary N) is 1. The molecule has 7 nitrogen and oxygen atoms in total. The third kappa shape index (κ3) is 5.49. The molecule has 0 saturated heterocycles. The summed E-state index contributed by atoms with van der Waals surface area (Å²) < 4.78 is 5.09. The van der Waals surface area contributed by atoms with E-state index in [2.05, 4.69) is 5.32 Å². The molecule has 0 bridgehead atoms. The zero-order chi connectivity index (χ0) is 18.5. The average Bonchev–Trinajstić information content (AvgIpc) is 2.44. The first-order valence-electron chi connectivity index (χ1n) is 7.83. The van der Waals surface area contributed by atoms with Gasteiger partial charge in [-0.25, -0.2) is 9.59 Å². The molecule has 0 aromatic rings. The molecule has 1 unspecified atom stereocenters. The molecule has 3 atom stereocenters. The molecule has 0 fully saturated rings. The quantitative estimate of drug-likeness (QED) is 0.679. The number of carboxylic acids is 1. The van der Waals surface area contributed by atoms with E-state index >= 15 is 0 Å². The summed E-state index contributed by atoms with van der Waals surface area (Å²) in [6, 6.07) is -2.00. The number of hydrogen-bond donors (Lipinski definition) is 3. The molecule has 1 aliphatic rings. The van der Waals surface area contributed by atoms with Crippen LogP contribution >= 0.6 is 0 Å². The van der Waals surface area contributed by atoms with Gasteiger partial charge in [-0.05, 0) is 40.5 Å². The molecular weight excluding hydrogens is 312 g/mol. The Labute approximate surface area is 141 Å². The lowest BCUT2D eigenvalue weighted by molar-refractivity contribution is -0.141. The normalized spacial score (nSPS) is 22.5. The average molecular weight is 338 g/mol. The number of alkyl carbamates (subject to hydrolysis) is 1. The highest BCUT2D eigenvalue weighted by atomic mass is 16.6. The lowest BCUT2D eigenvalue weighted by Gasteiger charge is -2.34. The van der Waals surface area contributed by atoms with Gasteiger partial charge >= 0.3 is 12.1 Å². The second-order valence-corrected chi connectivity index (χ2v) is 7.04. The number of ether oxygens (including phenoxy) is 1. The second kappa shape index (κ2) is 7.61. The molecule has 24 heavy (non-hydrogen) atoms. The molecule has 0 saturated carbocycles. The van der Waals surface area contributed by atoms with E-state index in [4.69, 9.17) is 10.5 Å². The number of allylic oxidation sites excluding steroid dienone is 4. The number of amides is 1. The zero-order valence-corrected chi connectivity index (χ0v) is 14.5. The molecule has 0 aliphatic heterocycles. The number of hydrogen-bond acceptors (Lipinski definition) is 5. The Hall–Kier alpha value is -2.15. The second-order valence-electron chi connectivity index (χ2n) is 7.04. The molecule has 4 N–H and O–H groups in total. The van der Waals surface area contributed by atoms with Gasteiger partial charge in [0.2, 0.25) is 0 Å². The fraction of sp³-hybridized carbons (Fsp3) is 0.588. The summed E-state index contributed by atoms with van der Waals surface area (Å²) in [4.78, 5) is 36.0. The number of aliphatic carboxylic acids is 1. The van der Waals surface area contributed by atoms with Gasteiger partial charge in [0.15, 0.2) is 5.78 Å². The standard InChI is InChI=1S/C17H26N2O5/c1-11(18)13(20)17(8-6-5-7-9-17)10-12(14(21)22)19-15(23)24-16(2,3)4/h5-8,11-12H,9-10,18H2,1-4H3,(H,19,23)(H,21,22)/t11-,12-,17?/m0/s1. The predicted octanol–water partition coefficient (Wildman–Crippen LogP) is 1.77. The number of ketones is 1. The van der Waals surface area contributed by atoms with E-state index in [1.54, 1.807) is 52.0 Å². The molecule has 1 amide bonds. The van der Waals surface area contributed by atoms with E-state index in [0.717, 1.165) is 0 Å². The fourth-order valence-corrected chi connectivity index (χ4v) is 2.57. The molecule has 1 aliphatic carbocycles. The van der Waals surface area contributed by atoms with Crippen molar-refractivity contribution in [3.63, 3.8) is 0 Å². The van der Waals surface area contributed by atoms with Gasteiger partial charge < -0.3 is 20.9 Å². The van der Waals surface area contributed by atoms with Gasteiger partial charge in [-0.15, -0.1) is 0 Å². The van der Waals surface area contributed by atoms with Crippen molar-refractivity contribution < 1.29 is 24.2 Å². The van der Waals surface area contributed by atoms with E-state index in [-0.39, 0.29) is 12.2 Å². The van der Waals surface area contributed by atoms with Gasteiger partial charge in [-0.3, -0.25) is 4.79 Å². The van der Waals surface area contributed by atoms with E-state index in [1.165, 1.54) is 0 Å². The summed E-state index contributed by atoms with van der Waals surface area (Å²) in [6.07, 6.45) is 6.32. The first-order valence-corrected chi connectivity index (χ1v) is 7.83. The van der Waals surface area contributed by atoms with E-state index in [1.807, 2.05) is 0 Å².